The predicted octanol–water partition coefficient (Wildman–Crippen LogP) is 2.31. The van der Waals surface area contributed by atoms with Gasteiger partial charge in [0, 0.05) is 50.5 Å². The van der Waals surface area contributed by atoms with Crippen molar-refractivity contribution < 1.29 is 28.6 Å². The summed E-state index contributed by atoms with van der Waals surface area (Å²) in [5.74, 6) is 0.0675. The summed E-state index contributed by atoms with van der Waals surface area (Å²) in [7, 11) is 1.40. The Morgan fingerprint density at radius 3 is 2.38 bits per heavy atom. The average molecular weight is 510 g/mol. The van der Waals surface area contributed by atoms with E-state index in [1.165, 1.54) is 7.11 Å². The second-order valence-corrected chi connectivity index (χ2v) is 8.83. The van der Waals surface area contributed by atoms with Crippen molar-refractivity contribution in [3.05, 3.63) is 60.2 Å². The number of cyclic esters (lactones) is 1. The Morgan fingerprint density at radius 1 is 1.03 bits per heavy atom. The van der Waals surface area contributed by atoms with Crippen LogP contribution in [0.15, 0.2) is 54.6 Å². The smallest absolute Gasteiger partial charge is 0.418 e. The van der Waals surface area contributed by atoms with E-state index in [1.807, 2.05) is 6.07 Å². The monoisotopic (exact) mass is 509 g/mol. The lowest BCUT2D eigenvalue weighted by Gasteiger charge is -2.35. The van der Waals surface area contributed by atoms with Gasteiger partial charge >= 0.3 is 18.2 Å². The summed E-state index contributed by atoms with van der Waals surface area (Å²) in [6, 6.07) is 15.4. The highest BCUT2D eigenvalue weighted by Gasteiger charge is 2.34. The van der Waals surface area contributed by atoms with Gasteiger partial charge in [0.15, 0.2) is 0 Å². The largest absolute Gasteiger partial charge is 0.469 e. The number of nitrogens with zero attached hydrogens (tertiary/aromatic N) is 3. The molecular formula is C26H31N5O6. The number of amidine groups is 1. The third kappa shape index (κ3) is 7.28. The van der Waals surface area contributed by atoms with Crippen molar-refractivity contribution in [2.24, 2.45) is 0 Å². The fourth-order valence-corrected chi connectivity index (χ4v) is 4.27. The van der Waals surface area contributed by atoms with Gasteiger partial charge in [-0.15, -0.1) is 0 Å². The van der Waals surface area contributed by atoms with Crippen LogP contribution in [0.2, 0.25) is 0 Å². The van der Waals surface area contributed by atoms with E-state index >= 15 is 0 Å². The zero-order valence-electron chi connectivity index (χ0n) is 20.7. The third-order valence-electron chi connectivity index (χ3n) is 6.31. The van der Waals surface area contributed by atoms with Crippen LogP contribution >= 0.6 is 0 Å². The van der Waals surface area contributed by atoms with Gasteiger partial charge in [-0.05, 0) is 36.4 Å². The fraction of sp³-hybridized carbons (Fsp3) is 0.385. The molecular weight excluding hydrogens is 478 g/mol. The summed E-state index contributed by atoms with van der Waals surface area (Å²) in [5.41, 5.74) is 1.13. The fourth-order valence-electron chi connectivity index (χ4n) is 4.27. The summed E-state index contributed by atoms with van der Waals surface area (Å²) >= 11 is 0. The second kappa shape index (κ2) is 12.3. The van der Waals surface area contributed by atoms with Crippen LogP contribution in [0.4, 0.5) is 15.3 Å². The Balaban J connectivity index is 1.23. The molecule has 2 heterocycles. The van der Waals surface area contributed by atoms with Crippen LogP contribution < -0.4 is 15.0 Å². The molecule has 0 saturated carbocycles. The van der Waals surface area contributed by atoms with Gasteiger partial charge in [0.1, 0.15) is 17.7 Å². The number of carbonyl (C=O) groups excluding carboxylic acids is 3. The molecule has 0 spiro atoms. The zero-order valence-corrected chi connectivity index (χ0v) is 20.7. The van der Waals surface area contributed by atoms with Gasteiger partial charge in [-0.1, -0.05) is 18.2 Å². The first-order valence-corrected chi connectivity index (χ1v) is 12.1. The normalized spacial score (nSPS) is 18.2. The molecule has 11 heteroatoms. The number of benzene rings is 2. The Labute approximate surface area is 215 Å². The van der Waals surface area contributed by atoms with Gasteiger partial charge in [0.2, 0.25) is 0 Å². The first-order chi connectivity index (χ1) is 17.9. The topological polar surface area (TPSA) is 125 Å². The minimum Gasteiger partial charge on any atom is -0.469 e. The maximum atomic E-state index is 12.5. The predicted molar refractivity (Wildman–Crippen MR) is 136 cm³/mol. The van der Waals surface area contributed by atoms with Gasteiger partial charge in [0.25, 0.3) is 0 Å². The molecule has 0 aromatic heterocycles. The molecule has 1 unspecified atom stereocenters. The van der Waals surface area contributed by atoms with Crippen LogP contribution in [0, 0.1) is 5.41 Å². The third-order valence-corrected chi connectivity index (χ3v) is 6.31. The molecule has 0 aliphatic carbocycles. The van der Waals surface area contributed by atoms with Gasteiger partial charge in [-0.25, -0.2) is 9.59 Å². The number of hydrogen-bond donors (Lipinski definition) is 2. The van der Waals surface area contributed by atoms with Gasteiger partial charge in [-0.2, -0.15) is 0 Å². The van der Waals surface area contributed by atoms with Crippen molar-refractivity contribution in [1.82, 2.24) is 15.1 Å². The minimum atomic E-state index is -0.754. The Kier molecular flexibility index (Phi) is 8.70. The van der Waals surface area contributed by atoms with Crippen LogP contribution in [0.1, 0.15) is 12.0 Å². The van der Waals surface area contributed by atoms with E-state index in [0.717, 1.165) is 26.2 Å². The molecule has 1 atom stereocenters. The molecule has 2 aliphatic heterocycles. The zero-order chi connectivity index (χ0) is 26.2. The van der Waals surface area contributed by atoms with E-state index in [0.29, 0.717) is 43.1 Å². The number of para-hydroxylation sites is 1. The number of nitrogens with one attached hydrogen (secondary N) is 2. The minimum absolute atomic E-state index is 0.111. The summed E-state index contributed by atoms with van der Waals surface area (Å²) in [6.45, 7) is 5.13. The second-order valence-electron chi connectivity index (χ2n) is 8.83. The number of hydrogen-bond acceptors (Lipinski definition) is 9. The van der Waals surface area contributed by atoms with Crippen molar-refractivity contribution in [2.45, 2.75) is 12.5 Å². The highest BCUT2D eigenvalue weighted by molar-refractivity contribution is 6.05. The molecule has 2 aromatic rings. The molecule has 2 saturated heterocycles. The number of esters is 1. The number of amides is 2. The van der Waals surface area contributed by atoms with Crippen LogP contribution in [0.3, 0.4) is 0 Å². The lowest BCUT2D eigenvalue weighted by Crippen LogP contribution is -2.49. The first kappa shape index (κ1) is 26.1. The number of anilines is 1. The van der Waals surface area contributed by atoms with Crippen molar-refractivity contribution >= 4 is 29.7 Å². The van der Waals surface area contributed by atoms with E-state index in [9.17, 15) is 14.4 Å². The molecule has 0 radical (unpaired) electrons. The maximum absolute atomic E-state index is 12.5. The molecule has 37 heavy (non-hydrogen) atoms. The van der Waals surface area contributed by atoms with Crippen molar-refractivity contribution in [1.29, 1.82) is 5.41 Å². The first-order valence-electron chi connectivity index (χ1n) is 12.1. The van der Waals surface area contributed by atoms with Gasteiger partial charge in [0.05, 0.1) is 20.1 Å². The summed E-state index contributed by atoms with van der Waals surface area (Å²) in [4.78, 5) is 42.0. The quantitative estimate of drug-likeness (QED) is 0.316. The van der Waals surface area contributed by atoms with E-state index in [4.69, 9.17) is 19.6 Å². The summed E-state index contributed by atoms with van der Waals surface area (Å²) < 4.78 is 15.4. The lowest BCUT2D eigenvalue weighted by molar-refractivity contribution is -0.141. The summed E-state index contributed by atoms with van der Waals surface area (Å²) in [5, 5.41) is 10.5. The van der Waals surface area contributed by atoms with Crippen molar-refractivity contribution in [2.75, 3.05) is 57.8 Å². The molecule has 2 aliphatic rings. The number of carbonyl (C=O) groups is 3. The van der Waals surface area contributed by atoms with Crippen molar-refractivity contribution in [3.8, 4) is 5.75 Å². The maximum Gasteiger partial charge on any atom is 0.418 e. The summed E-state index contributed by atoms with van der Waals surface area (Å²) in [6.07, 6.45) is -1.02. The van der Waals surface area contributed by atoms with E-state index in [2.05, 4.69) is 15.1 Å². The Hall–Kier alpha value is -3.96. The highest BCUT2D eigenvalue weighted by atomic mass is 16.6. The molecule has 4 rings (SSSR count). The number of piperazine rings is 1. The van der Waals surface area contributed by atoms with E-state index < -0.39 is 12.2 Å². The number of ether oxygens (including phenoxy) is 3. The van der Waals surface area contributed by atoms with Crippen molar-refractivity contribution in [3.63, 3.8) is 0 Å². The molecule has 0 bridgehead atoms. The van der Waals surface area contributed by atoms with E-state index in [-0.39, 0.29) is 17.9 Å². The lowest BCUT2D eigenvalue weighted by atomic mass is 10.1. The SMILES string of the molecule is COC(=O)CCN1CCN(CC2CN(c3ccc(C(=N)NC(=O)Oc4ccccc4)cc3)C(=O)O2)CC1. The van der Waals surface area contributed by atoms with Gasteiger partial charge in [-0.3, -0.25) is 25.3 Å². The van der Waals surface area contributed by atoms with Crippen LogP contribution in [0.5, 0.6) is 5.75 Å². The van der Waals surface area contributed by atoms with E-state index in [1.54, 1.807) is 53.4 Å². The molecule has 2 N–H and O–H groups in total. The Morgan fingerprint density at radius 2 is 1.70 bits per heavy atom. The molecule has 196 valence electrons. The van der Waals surface area contributed by atoms with Crippen LogP contribution in [-0.2, 0) is 14.3 Å². The highest BCUT2D eigenvalue weighted by Crippen LogP contribution is 2.23. The molecule has 2 amide bonds. The molecule has 11 nitrogen and oxygen atoms in total. The van der Waals surface area contributed by atoms with Crippen LogP contribution in [-0.4, -0.2) is 92.8 Å². The standard InChI is InChI=1S/C26H31N5O6/c1-35-23(32)11-12-29-13-15-30(16-14-29)17-22-18-31(26(34)37-22)20-9-7-19(8-10-20)24(27)28-25(33)36-21-5-3-2-4-6-21/h2-10,22H,11-18H2,1H3,(H2,27,28,33). The molecule has 2 fully saturated rings. The van der Waals surface area contributed by atoms with Crippen LogP contribution in [0.25, 0.3) is 0 Å². The Bertz CT molecular complexity index is 1100. The number of rotatable bonds is 8. The average Bonchev–Trinajstić information content (AvgIpc) is 3.28. The van der Waals surface area contributed by atoms with Gasteiger partial charge < -0.3 is 19.1 Å². The number of methoxy groups -OCH3 is 1. The molecule has 2 aromatic carbocycles.